The number of nitrogens with one attached hydrogen (secondary N) is 1. The fourth-order valence-corrected chi connectivity index (χ4v) is 2.72. The maximum atomic E-state index is 9.13. The Balaban J connectivity index is 2.93. The third-order valence-corrected chi connectivity index (χ3v) is 4.40. The van der Waals surface area contributed by atoms with Crippen molar-refractivity contribution in [2.45, 2.75) is 52.5 Å². The van der Waals surface area contributed by atoms with Gasteiger partial charge in [0.05, 0.1) is 11.8 Å². The second-order valence-electron chi connectivity index (χ2n) is 4.88. The molecule has 0 aliphatic carbocycles. The largest absolute Gasteiger partial charge is 0.309 e. The molecule has 0 spiro atoms. The lowest BCUT2D eigenvalue weighted by Gasteiger charge is -2.12. The van der Waals surface area contributed by atoms with Crippen molar-refractivity contribution in [1.82, 2.24) is 10.3 Å². The van der Waals surface area contributed by atoms with Gasteiger partial charge in [-0.3, -0.25) is 0 Å². The molecule has 1 N–H and O–H groups in total. The van der Waals surface area contributed by atoms with Crippen molar-refractivity contribution in [2.24, 2.45) is 0 Å². The predicted molar refractivity (Wildman–Crippen MR) is 72.2 cm³/mol. The summed E-state index contributed by atoms with van der Waals surface area (Å²) in [5, 5.41) is 13.5. The van der Waals surface area contributed by atoms with Crippen molar-refractivity contribution in [3.8, 4) is 6.07 Å². The zero-order chi connectivity index (χ0) is 13.1. The van der Waals surface area contributed by atoms with Crippen LogP contribution in [0.5, 0.6) is 0 Å². The van der Waals surface area contributed by atoms with Gasteiger partial charge in [0.15, 0.2) is 0 Å². The van der Waals surface area contributed by atoms with Crippen molar-refractivity contribution in [3.05, 3.63) is 15.6 Å². The van der Waals surface area contributed by atoms with Crippen molar-refractivity contribution in [2.75, 3.05) is 6.54 Å². The standard InChI is InChI=1S/C13H21N3S/c1-6-7-15-9(2)11-10(3)16-12(17-11)13(4,5)8-14/h9,15H,6-7H2,1-5H3. The Morgan fingerprint density at radius 3 is 2.71 bits per heavy atom. The highest BCUT2D eigenvalue weighted by atomic mass is 32.1. The van der Waals surface area contributed by atoms with Crippen LogP contribution in [0.2, 0.25) is 0 Å². The first-order valence-electron chi connectivity index (χ1n) is 6.04. The number of nitrogens with zero attached hydrogens (tertiary/aromatic N) is 2. The maximum absolute atomic E-state index is 9.13. The first kappa shape index (κ1) is 14.1. The smallest absolute Gasteiger partial charge is 0.113 e. The molecule has 17 heavy (non-hydrogen) atoms. The van der Waals surface area contributed by atoms with E-state index < -0.39 is 5.41 Å². The zero-order valence-electron chi connectivity index (χ0n) is 11.3. The Kier molecular flexibility index (Phi) is 4.67. The third kappa shape index (κ3) is 3.27. The predicted octanol–water partition coefficient (Wildman–Crippen LogP) is 3.31. The van der Waals surface area contributed by atoms with Crippen LogP contribution >= 0.6 is 11.3 Å². The fraction of sp³-hybridized carbons (Fsp3) is 0.692. The van der Waals surface area contributed by atoms with Crippen LogP contribution in [0.25, 0.3) is 0 Å². The van der Waals surface area contributed by atoms with Crippen LogP contribution < -0.4 is 5.32 Å². The molecule has 1 unspecified atom stereocenters. The van der Waals surface area contributed by atoms with E-state index in [-0.39, 0.29) is 0 Å². The van der Waals surface area contributed by atoms with E-state index in [0.29, 0.717) is 6.04 Å². The molecule has 0 fully saturated rings. The highest BCUT2D eigenvalue weighted by Crippen LogP contribution is 2.32. The SMILES string of the molecule is CCCNC(C)c1sc(C(C)(C)C#N)nc1C. The molecule has 4 heteroatoms. The van der Waals surface area contributed by atoms with Gasteiger partial charge in [-0.05, 0) is 40.7 Å². The minimum Gasteiger partial charge on any atom is -0.309 e. The van der Waals surface area contributed by atoms with Crippen LogP contribution in [0.15, 0.2) is 0 Å². The van der Waals surface area contributed by atoms with Gasteiger partial charge in [-0.1, -0.05) is 6.92 Å². The monoisotopic (exact) mass is 251 g/mol. The number of aromatic nitrogens is 1. The van der Waals surface area contributed by atoms with Crippen LogP contribution in [-0.4, -0.2) is 11.5 Å². The number of aryl methyl sites for hydroxylation is 1. The molecule has 0 saturated carbocycles. The molecule has 1 aromatic rings. The number of hydrogen-bond acceptors (Lipinski definition) is 4. The van der Waals surface area contributed by atoms with Gasteiger partial charge in [0.1, 0.15) is 10.4 Å². The number of rotatable bonds is 5. The van der Waals surface area contributed by atoms with E-state index in [1.165, 1.54) is 4.88 Å². The molecule has 1 atom stereocenters. The van der Waals surface area contributed by atoms with E-state index in [4.69, 9.17) is 5.26 Å². The molecule has 1 rings (SSSR count). The molecular weight excluding hydrogens is 230 g/mol. The summed E-state index contributed by atoms with van der Waals surface area (Å²) in [7, 11) is 0. The normalized spacial score (nSPS) is 13.4. The van der Waals surface area contributed by atoms with E-state index in [9.17, 15) is 0 Å². The molecule has 1 heterocycles. The van der Waals surface area contributed by atoms with Crippen LogP contribution in [0.4, 0.5) is 0 Å². The lowest BCUT2D eigenvalue weighted by atomic mass is 9.97. The molecule has 0 aliphatic heterocycles. The van der Waals surface area contributed by atoms with Gasteiger partial charge in [-0.15, -0.1) is 11.3 Å². The van der Waals surface area contributed by atoms with Crippen LogP contribution in [0, 0.1) is 18.3 Å². The van der Waals surface area contributed by atoms with Gasteiger partial charge < -0.3 is 5.32 Å². The topological polar surface area (TPSA) is 48.7 Å². The van der Waals surface area contributed by atoms with Gasteiger partial charge >= 0.3 is 0 Å². The lowest BCUT2D eigenvalue weighted by Crippen LogP contribution is -2.18. The van der Waals surface area contributed by atoms with Crippen LogP contribution in [-0.2, 0) is 5.41 Å². The minimum atomic E-state index is -0.488. The van der Waals surface area contributed by atoms with Crippen molar-refractivity contribution in [3.63, 3.8) is 0 Å². The molecule has 0 radical (unpaired) electrons. The highest BCUT2D eigenvalue weighted by Gasteiger charge is 2.26. The summed E-state index contributed by atoms with van der Waals surface area (Å²) in [5.41, 5.74) is 0.558. The number of hydrogen-bond donors (Lipinski definition) is 1. The van der Waals surface area contributed by atoms with Crippen LogP contribution in [0.1, 0.15) is 55.7 Å². The average molecular weight is 251 g/mol. The Bertz CT molecular complexity index is 415. The molecule has 94 valence electrons. The second-order valence-corrected chi connectivity index (χ2v) is 5.91. The van der Waals surface area contributed by atoms with Crippen molar-refractivity contribution < 1.29 is 0 Å². The molecule has 1 aromatic heterocycles. The number of nitriles is 1. The summed E-state index contributed by atoms with van der Waals surface area (Å²) in [6.07, 6.45) is 1.12. The van der Waals surface area contributed by atoms with Gasteiger partial charge in [0.25, 0.3) is 0 Å². The molecule has 0 saturated heterocycles. The van der Waals surface area contributed by atoms with E-state index in [1.807, 2.05) is 20.8 Å². The lowest BCUT2D eigenvalue weighted by molar-refractivity contribution is 0.575. The van der Waals surface area contributed by atoms with Gasteiger partial charge in [-0.25, -0.2) is 4.98 Å². The second kappa shape index (κ2) is 5.61. The Morgan fingerprint density at radius 2 is 2.18 bits per heavy atom. The zero-order valence-corrected chi connectivity index (χ0v) is 12.1. The van der Waals surface area contributed by atoms with Gasteiger partial charge in [0, 0.05) is 10.9 Å². The average Bonchev–Trinajstić information content (AvgIpc) is 2.69. The Morgan fingerprint density at radius 1 is 1.53 bits per heavy atom. The molecule has 0 aliphatic rings. The number of thiazole rings is 1. The van der Waals surface area contributed by atoms with Crippen molar-refractivity contribution >= 4 is 11.3 Å². The maximum Gasteiger partial charge on any atom is 0.113 e. The van der Waals surface area contributed by atoms with Crippen LogP contribution in [0.3, 0.4) is 0 Å². The summed E-state index contributed by atoms with van der Waals surface area (Å²) in [4.78, 5) is 5.79. The van der Waals surface area contributed by atoms with Gasteiger partial charge in [-0.2, -0.15) is 5.26 Å². The van der Waals surface area contributed by atoms with E-state index in [0.717, 1.165) is 23.7 Å². The van der Waals surface area contributed by atoms with E-state index in [1.54, 1.807) is 11.3 Å². The molecule has 0 amide bonds. The first-order chi connectivity index (χ1) is 7.92. The third-order valence-electron chi connectivity index (χ3n) is 2.74. The molecular formula is C13H21N3S. The van der Waals surface area contributed by atoms with Gasteiger partial charge in [0.2, 0.25) is 0 Å². The minimum absolute atomic E-state index is 0.315. The quantitative estimate of drug-likeness (QED) is 0.873. The van der Waals surface area contributed by atoms with Crippen molar-refractivity contribution in [1.29, 1.82) is 5.26 Å². The summed E-state index contributed by atoms with van der Waals surface area (Å²) in [6, 6.07) is 2.62. The van der Waals surface area contributed by atoms with E-state index in [2.05, 4.69) is 30.2 Å². The summed E-state index contributed by atoms with van der Waals surface area (Å²) >= 11 is 1.65. The fourth-order valence-electron chi connectivity index (χ4n) is 1.58. The summed E-state index contributed by atoms with van der Waals surface area (Å²) < 4.78 is 0. The van der Waals surface area contributed by atoms with E-state index >= 15 is 0 Å². The Hall–Kier alpha value is -0.920. The summed E-state index contributed by atoms with van der Waals surface area (Å²) in [6.45, 7) is 11.2. The molecule has 3 nitrogen and oxygen atoms in total. The first-order valence-corrected chi connectivity index (χ1v) is 6.86. The highest BCUT2D eigenvalue weighted by molar-refractivity contribution is 7.12. The summed E-state index contributed by atoms with van der Waals surface area (Å²) in [5.74, 6) is 0. The Labute approximate surface area is 108 Å². The molecule has 0 bridgehead atoms. The molecule has 0 aromatic carbocycles.